The van der Waals surface area contributed by atoms with E-state index in [1.54, 1.807) is 49.4 Å². The summed E-state index contributed by atoms with van der Waals surface area (Å²) in [6, 6.07) is 14.3. The number of hydrogen-bond donors (Lipinski definition) is 0. The van der Waals surface area contributed by atoms with Crippen molar-refractivity contribution in [2.45, 2.75) is 63.3 Å². The van der Waals surface area contributed by atoms with Gasteiger partial charge in [-0.15, -0.1) is 0 Å². The predicted molar refractivity (Wildman–Crippen MR) is 147 cm³/mol. The topological polar surface area (TPSA) is 91.4 Å². The van der Waals surface area contributed by atoms with Gasteiger partial charge in [-0.3, -0.25) is 4.79 Å². The van der Waals surface area contributed by atoms with Gasteiger partial charge in [0, 0.05) is 27.4 Å². The van der Waals surface area contributed by atoms with Crippen molar-refractivity contribution in [1.82, 2.24) is 4.31 Å². The number of esters is 1. The number of carbonyl (C=O) groups is 1. The van der Waals surface area contributed by atoms with Gasteiger partial charge in [-0.2, -0.15) is 4.31 Å². The van der Waals surface area contributed by atoms with Gasteiger partial charge in [-0.05, 0) is 49.2 Å². The van der Waals surface area contributed by atoms with E-state index in [0.29, 0.717) is 5.56 Å². The first-order valence-corrected chi connectivity index (χ1v) is 13.8. The summed E-state index contributed by atoms with van der Waals surface area (Å²) in [5.41, 5.74) is 1.38. The molecule has 0 amide bonds. The van der Waals surface area contributed by atoms with Gasteiger partial charge in [0.25, 0.3) is 0 Å². The van der Waals surface area contributed by atoms with Crippen LogP contribution in [0.15, 0.2) is 59.5 Å². The van der Waals surface area contributed by atoms with E-state index in [4.69, 9.17) is 35.4 Å². The number of rotatable bonds is 13. The molecule has 0 N–H and O–H groups in total. The van der Waals surface area contributed by atoms with E-state index in [1.165, 1.54) is 19.1 Å². The summed E-state index contributed by atoms with van der Waals surface area (Å²) in [5, 5.41) is 0. The first-order valence-electron chi connectivity index (χ1n) is 18.3. The summed E-state index contributed by atoms with van der Waals surface area (Å²) in [7, 11) is -0.902. The largest absolute Gasteiger partial charge is 1.00 e. The third-order valence-corrected chi connectivity index (χ3v) is 8.08. The van der Waals surface area contributed by atoms with Crippen LogP contribution in [0.3, 0.4) is 0 Å². The first kappa shape index (κ1) is 19.8. The summed E-state index contributed by atoms with van der Waals surface area (Å²) >= 11 is 0. The van der Waals surface area contributed by atoms with Crippen LogP contribution in [0.4, 0.5) is 0 Å². The van der Waals surface area contributed by atoms with Crippen LogP contribution in [-0.2, 0) is 40.2 Å². The molecule has 0 aliphatic carbocycles. The molecule has 2 heterocycles. The normalized spacial score (nSPS) is 36.8. The predicted octanol–water partition coefficient (Wildman–Crippen LogP) is 1.38. The second-order valence-electron chi connectivity index (χ2n) is 9.39. The molecule has 1 unspecified atom stereocenters. The van der Waals surface area contributed by atoms with E-state index < -0.39 is 98.0 Å². The monoisotopic (exact) mass is 593 g/mol. The summed E-state index contributed by atoms with van der Waals surface area (Å²) in [4.78, 5) is 13.6. The van der Waals surface area contributed by atoms with Crippen molar-refractivity contribution in [2.24, 2.45) is 17.7 Å². The summed E-state index contributed by atoms with van der Waals surface area (Å²) in [6.45, 7) is -7.47. The minimum atomic E-state index is -4.38. The van der Waals surface area contributed by atoms with Crippen molar-refractivity contribution in [2.75, 3.05) is 26.2 Å². The van der Waals surface area contributed by atoms with Crippen LogP contribution in [0.5, 0.6) is 0 Å². The van der Waals surface area contributed by atoms with E-state index >= 15 is 0 Å². The standard InChI is InChI=1S/C30H40NO7S.Na/c1-21(2)18-31(39(33,34)25-12-10-22(3)11-13-25)19-27(35-4)24(16-23-8-6-5-7-9-23)17-29(32)38-28-20-37-30-26(28)14-15-36-30;/h5-13,21,24,26-28,30H,4,14-20H2,1-3H3;/q-1;+1/t24-,26+,27-,28+,30-;/m1./s1/i1D3,14D2,15D2,20D2,26D,28D,30D;/t21?,24-,26+,27-,28+,30-;. The molecular formula is C30H40NNaO7S. The van der Waals surface area contributed by atoms with Crippen LogP contribution in [0, 0.1) is 31.8 Å². The Morgan fingerprint density at radius 3 is 2.60 bits per heavy atom. The van der Waals surface area contributed by atoms with Gasteiger partial charge in [0.1, 0.15) is 6.08 Å². The number of nitrogens with zero attached hydrogens (tertiary/aromatic N) is 1. The Hall–Kier alpha value is -1.30. The molecule has 2 aliphatic rings. The van der Waals surface area contributed by atoms with Crippen molar-refractivity contribution in [3.8, 4) is 0 Å². The third-order valence-electron chi connectivity index (χ3n) is 6.23. The van der Waals surface area contributed by atoms with Crippen molar-refractivity contribution < 1.29 is 78.2 Å². The zero-order valence-electron chi connectivity index (χ0n) is 34.7. The molecule has 0 radical (unpaired) electrons. The molecule has 6 atom stereocenters. The Morgan fingerprint density at radius 1 is 1.20 bits per heavy atom. The van der Waals surface area contributed by atoms with Crippen LogP contribution in [0.25, 0.3) is 0 Å². The van der Waals surface area contributed by atoms with Gasteiger partial charge in [0.2, 0.25) is 10.0 Å². The molecule has 0 bridgehead atoms. The minimum Gasteiger partial charge on any atom is -0.552 e. The summed E-state index contributed by atoms with van der Waals surface area (Å²) in [6.07, 6.45) is -12.9. The molecule has 2 fully saturated rings. The fourth-order valence-electron chi connectivity index (χ4n) is 4.26. The fraction of sp³-hybridized carbons (Fsp3) is 0.533. The Kier molecular flexibility index (Phi) is 7.55. The summed E-state index contributed by atoms with van der Waals surface area (Å²) < 4.78 is 148. The zero-order chi connectivity index (χ0) is 38.6. The quantitative estimate of drug-likeness (QED) is 0.197. The SMILES string of the molecule is [2H]C([2H])([2H])C(C)CN(C[C@@H](O[CH2-])[C@@H](CC(=O)O[C@@]1([2H])C([2H])([2H])O[C@@]2([2H])OC([2H])([2H])C([2H])([2H])[C@]21[2H])Cc1ccccc1)S(=O)(=O)c1ccc(C)cc1.[Na+]. The van der Waals surface area contributed by atoms with E-state index in [-0.39, 0.29) is 40.9 Å². The molecule has 2 aliphatic heterocycles. The number of hydrogen-bond acceptors (Lipinski definition) is 7. The van der Waals surface area contributed by atoms with Crippen LogP contribution in [-0.4, -0.2) is 63.3 Å². The maximum atomic E-state index is 14.0. The van der Waals surface area contributed by atoms with Gasteiger partial charge in [-0.25, -0.2) is 15.5 Å². The average Bonchev–Trinajstić information content (AvgIpc) is 3.19. The number of carbonyl (C=O) groups excluding carboxylic acids is 1. The van der Waals surface area contributed by atoms with Gasteiger partial charge >= 0.3 is 35.5 Å². The summed E-state index contributed by atoms with van der Waals surface area (Å²) in [5.74, 6) is -7.30. The van der Waals surface area contributed by atoms with E-state index in [2.05, 4.69) is 7.11 Å². The maximum absolute atomic E-state index is 14.0. The molecule has 0 aromatic heterocycles. The van der Waals surface area contributed by atoms with Crippen LogP contribution >= 0.6 is 0 Å². The van der Waals surface area contributed by atoms with Gasteiger partial charge in [-0.1, -0.05) is 61.8 Å². The molecule has 0 spiro atoms. The van der Waals surface area contributed by atoms with Crippen molar-refractivity contribution >= 4 is 16.0 Å². The second-order valence-corrected chi connectivity index (χ2v) is 11.3. The molecule has 40 heavy (non-hydrogen) atoms. The van der Waals surface area contributed by atoms with Gasteiger partial charge in [0.15, 0.2) is 6.27 Å². The van der Waals surface area contributed by atoms with Crippen LogP contribution < -0.4 is 29.6 Å². The average molecular weight is 594 g/mol. The molecule has 2 aromatic carbocycles. The number of sulfonamides is 1. The molecule has 2 saturated heterocycles. The number of aryl methyl sites for hydroxylation is 1. The van der Waals surface area contributed by atoms with Crippen molar-refractivity contribution in [3.63, 3.8) is 0 Å². The Labute approximate surface area is 277 Å². The molecule has 4 rings (SSSR count). The van der Waals surface area contributed by atoms with Crippen LogP contribution in [0.1, 0.15) is 54.1 Å². The Bertz CT molecular complexity index is 1690. The van der Waals surface area contributed by atoms with Crippen molar-refractivity contribution in [1.29, 1.82) is 0 Å². The molecule has 8 nitrogen and oxygen atoms in total. The molecular weight excluding hydrogens is 541 g/mol. The van der Waals surface area contributed by atoms with Crippen LogP contribution in [0.2, 0.25) is 0 Å². The molecule has 2 aromatic rings. The zero-order valence-corrected chi connectivity index (χ0v) is 25.5. The minimum absolute atomic E-state index is 0. The van der Waals surface area contributed by atoms with Crippen molar-refractivity contribution in [3.05, 3.63) is 72.8 Å². The number of fused-ring (bicyclic) bond motifs is 1. The maximum Gasteiger partial charge on any atom is 1.00 e. The smallest absolute Gasteiger partial charge is 0.552 e. The number of ether oxygens (including phenoxy) is 4. The van der Waals surface area contributed by atoms with E-state index in [1.807, 2.05) is 0 Å². The Balaban J connectivity index is 0.00000729. The molecule has 10 heteroatoms. The molecule has 214 valence electrons. The third kappa shape index (κ3) is 8.61. The number of benzene rings is 2. The second kappa shape index (κ2) is 15.3. The first-order chi connectivity index (χ1) is 23.2. The molecule has 0 saturated carbocycles. The van der Waals surface area contributed by atoms with Gasteiger partial charge in [0.05, 0.1) is 38.6 Å². The van der Waals surface area contributed by atoms with E-state index in [0.717, 1.165) is 9.87 Å². The fourth-order valence-corrected chi connectivity index (χ4v) is 5.80. The Morgan fingerprint density at radius 2 is 1.93 bits per heavy atom. The van der Waals surface area contributed by atoms with E-state index in [9.17, 15) is 13.2 Å². The van der Waals surface area contributed by atoms with Gasteiger partial charge < -0.3 is 18.9 Å².